The number of rotatable bonds is 4. The fraction of sp³-hybridized carbons (Fsp3) is 1.00. The van der Waals surface area contributed by atoms with Crippen LogP contribution in [0.15, 0.2) is 0 Å². The molecule has 0 bridgehead atoms. The highest BCUT2D eigenvalue weighted by Gasteiger charge is 2.48. The lowest BCUT2D eigenvalue weighted by Gasteiger charge is -2.16. The van der Waals surface area contributed by atoms with Gasteiger partial charge >= 0.3 is 0 Å². The zero-order valence-corrected chi connectivity index (χ0v) is 8.77. The minimum Gasteiger partial charge on any atom is -0.373 e. The van der Waals surface area contributed by atoms with Gasteiger partial charge in [0.2, 0.25) is 0 Å². The summed E-state index contributed by atoms with van der Waals surface area (Å²) in [5.74, 6) is 0. The predicted molar refractivity (Wildman–Crippen MR) is 50.3 cm³/mol. The third-order valence-corrected chi connectivity index (χ3v) is 2.72. The second-order valence-electron chi connectivity index (χ2n) is 3.58. The van der Waals surface area contributed by atoms with Gasteiger partial charge in [0.25, 0.3) is 0 Å². The highest BCUT2D eigenvalue weighted by molar-refractivity contribution is 4.95. The van der Waals surface area contributed by atoms with Gasteiger partial charge in [-0.25, -0.2) is 0 Å². The van der Waals surface area contributed by atoms with E-state index in [1.165, 1.54) is 0 Å². The van der Waals surface area contributed by atoms with Crippen LogP contribution in [0, 0.1) is 0 Å². The monoisotopic (exact) mass is 202 g/mol. The van der Waals surface area contributed by atoms with E-state index in [4.69, 9.17) is 18.9 Å². The quantitative estimate of drug-likeness (QED) is 0.668. The van der Waals surface area contributed by atoms with Crippen LogP contribution in [0.3, 0.4) is 0 Å². The molecule has 0 aromatic carbocycles. The van der Waals surface area contributed by atoms with E-state index in [0.29, 0.717) is 26.4 Å². The van der Waals surface area contributed by atoms with Crippen LogP contribution < -0.4 is 0 Å². The maximum Gasteiger partial charge on any atom is 0.115 e. The molecule has 2 saturated heterocycles. The molecular weight excluding hydrogens is 184 g/mol. The molecule has 2 heterocycles. The van der Waals surface area contributed by atoms with E-state index in [1.54, 1.807) is 0 Å². The highest BCUT2D eigenvalue weighted by atomic mass is 16.6. The molecule has 0 N–H and O–H groups in total. The lowest BCUT2D eigenvalue weighted by atomic mass is 10.1. The second kappa shape index (κ2) is 4.57. The first-order chi connectivity index (χ1) is 6.86. The zero-order valence-electron chi connectivity index (χ0n) is 8.77. The van der Waals surface area contributed by atoms with Crippen molar-refractivity contribution in [3.63, 3.8) is 0 Å². The van der Waals surface area contributed by atoms with E-state index in [-0.39, 0.29) is 24.4 Å². The average Bonchev–Trinajstić information content (AvgIpc) is 2.72. The predicted octanol–water partition coefficient (Wildman–Crippen LogP) is 0.594. The van der Waals surface area contributed by atoms with Gasteiger partial charge in [-0.1, -0.05) is 0 Å². The summed E-state index contributed by atoms with van der Waals surface area (Å²) in [5, 5.41) is 0. The summed E-state index contributed by atoms with van der Waals surface area (Å²) >= 11 is 0. The van der Waals surface area contributed by atoms with Crippen LogP contribution in [-0.4, -0.2) is 50.8 Å². The summed E-state index contributed by atoms with van der Waals surface area (Å²) in [5.41, 5.74) is 0. The Kier molecular flexibility index (Phi) is 3.38. The summed E-state index contributed by atoms with van der Waals surface area (Å²) in [6.07, 6.45) is 0.337. The Morgan fingerprint density at radius 1 is 0.929 bits per heavy atom. The smallest absolute Gasteiger partial charge is 0.115 e. The van der Waals surface area contributed by atoms with Gasteiger partial charge in [-0.2, -0.15) is 0 Å². The fourth-order valence-electron chi connectivity index (χ4n) is 2.14. The Morgan fingerprint density at radius 3 is 1.71 bits per heavy atom. The van der Waals surface area contributed by atoms with Gasteiger partial charge in [0.05, 0.1) is 13.2 Å². The molecule has 4 atom stereocenters. The molecule has 0 amide bonds. The van der Waals surface area contributed by atoms with Crippen LogP contribution in [0.5, 0.6) is 0 Å². The number of hydrogen-bond acceptors (Lipinski definition) is 4. The van der Waals surface area contributed by atoms with E-state index in [2.05, 4.69) is 0 Å². The van der Waals surface area contributed by atoms with Crippen molar-refractivity contribution in [2.75, 3.05) is 26.4 Å². The molecule has 0 aromatic heterocycles. The molecule has 0 unspecified atom stereocenters. The minimum absolute atomic E-state index is 0.0755. The molecule has 2 fully saturated rings. The van der Waals surface area contributed by atoms with Crippen LogP contribution >= 0.6 is 0 Å². The third kappa shape index (κ3) is 1.80. The minimum atomic E-state index is 0.0755. The number of ether oxygens (including phenoxy) is 4. The standard InChI is InChI=1S/C10H18O4/c1-3-11-7-5-13-10-8(12-4-2)6-14-9(7)10/h7-10H,3-6H2,1-2H3/t7-,8+,9-,10-/m1/s1. The summed E-state index contributed by atoms with van der Waals surface area (Å²) in [6, 6.07) is 0. The lowest BCUT2D eigenvalue weighted by molar-refractivity contribution is -0.0457. The molecule has 2 rings (SSSR count). The van der Waals surface area contributed by atoms with Gasteiger partial charge in [-0.15, -0.1) is 0 Å². The molecule has 0 saturated carbocycles. The van der Waals surface area contributed by atoms with Crippen molar-refractivity contribution < 1.29 is 18.9 Å². The normalized spacial score (nSPS) is 41.6. The lowest BCUT2D eigenvalue weighted by Crippen LogP contribution is -2.34. The first-order valence-corrected chi connectivity index (χ1v) is 5.33. The van der Waals surface area contributed by atoms with Crippen molar-refractivity contribution in [2.24, 2.45) is 0 Å². The molecule has 0 aliphatic carbocycles. The van der Waals surface area contributed by atoms with Crippen molar-refractivity contribution in [3.8, 4) is 0 Å². The summed E-state index contributed by atoms with van der Waals surface area (Å²) in [4.78, 5) is 0. The van der Waals surface area contributed by atoms with E-state index >= 15 is 0 Å². The first-order valence-electron chi connectivity index (χ1n) is 5.33. The maximum atomic E-state index is 5.63. The van der Waals surface area contributed by atoms with E-state index in [0.717, 1.165) is 0 Å². The van der Waals surface area contributed by atoms with Gasteiger partial charge in [0.1, 0.15) is 24.4 Å². The largest absolute Gasteiger partial charge is 0.373 e. The van der Waals surface area contributed by atoms with Crippen molar-refractivity contribution in [3.05, 3.63) is 0 Å². The maximum absolute atomic E-state index is 5.63. The van der Waals surface area contributed by atoms with Crippen LogP contribution in [0.4, 0.5) is 0 Å². The van der Waals surface area contributed by atoms with Crippen LogP contribution in [0.25, 0.3) is 0 Å². The van der Waals surface area contributed by atoms with Crippen molar-refractivity contribution >= 4 is 0 Å². The molecular formula is C10H18O4. The van der Waals surface area contributed by atoms with Gasteiger partial charge in [-0.3, -0.25) is 0 Å². The van der Waals surface area contributed by atoms with Gasteiger partial charge in [0.15, 0.2) is 0 Å². The molecule has 2 aliphatic rings. The van der Waals surface area contributed by atoms with E-state index < -0.39 is 0 Å². The fourth-order valence-corrected chi connectivity index (χ4v) is 2.14. The molecule has 0 aromatic rings. The summed E-state index contributed by atoms with van der Waals surface area (Å²) in [7, 11) is 0. The van der Waals surface area contributed by atoms with E-state index in [1.807, 2.05) is 13.8 Å². The number of hydrogen-bond donors (Lipinski definition) is 0. The topological polar surface area (TPSA) is 36.9 Å². The summed E-state index contributed by atoms with van der Waals surface area (Å²) in [6.45, 7) is 6.66. The van der Waals surface area contributed by atoms with Crippen LogP contribution in [0.2, 0.25) is 0 Å². The Labute approximate surface area is 84.5 Å². The van der Waals surface area contributed by atoms with Crippen molar-refractivity contribution in [1.29, 1.82) is 0 Å². The average molecular weight is 202 g/mol. The first kappa shape index (κ1) is 10.4. The number of fused-ring (bicyclic) bond motifs is 1. The molecule has 4 nitrogen and oxygen atoms in total. The second-order valence-corrected chi connectivity index (χ2v) is 3.58. The van der Waals surface area contributed by atoms with Gasteiger partial charge < -0.3 is 18.9 Å². The van der Waals surface area contributed by atoms with Crippen molar-refractivity contribution in [2.45, 2.75) is 38.3 Å². The molecule has 82 valence electrons. The Morgan fingerprint density at radius 2 is 1.36 bits per heavy atom. The zero-order chi connectivity index (χ0) is 9.97. The Bertz CT molecular complexity index is 165. The van der Waals surface area contributed by atoms with Gasteiger partial charge in [0, 0.05) is 13.2 Å². The molecule has 2 aliphatic heterocycles. The molecule has 14 heavy (non-hydrogen) atoms. The third-order valence-electron chi connectivity index (χ3n) is 2.72. The van der Waals surface area contributed by atoms with Crippen molar-refractivity contribution in [1.82, 2.24) is 0 Å². The van der Waals surface area contributed by atoms with E-state index in [9.17, 15) is 0 Å². The Hall–Kier alpha value is -0.160. The van der Waals surface area contributed by atoms with Gasteiger partial charge in [-0.05, 0) is 13.8 Å². The highest BCUT2D eigenvalue weighted by Crippen LogP contribution is 2.30. The van der Waals surface area contributed by atoms with Crippen LogP contribution in [0.1, 0.15) is 13.8 Å². The molecule has 4 heteroatoms. The molecule has 0 radical (unpaired) electrons. The molecule has 0 spiro atoms. The summed E-state index contributed by atoms with van der Waals surface area (Å²) < 4.78 is 22.3. The Balaban J connectivity index is 1.90. The SMILES string of the molecule is CCO[C@H]1CO[C@H]2[C@@H]1OC[C@H]2OCC. The van der Waals surface area contributed by atoms with Crippen LogP contribution in [-0.2, 0) is 18.9 Å².